The van der Waals surface area contributed by atoms with E-state index in [1.165, 1.54) is 96.1 Å². The molecule has 8 rings (SSSR count). The van der Waals surface area contributed by atoms with Gasteiger partial charge in [-0.15, -0.1) is 0 Å². The van der Waals surface area contributed by atoms with E-state index in [1.807, 2.05) is 0 Å². The van der Waals surface area contributed by atoms with Gasteiger partial charge in [-0.25, -0.2) is 0 Å². The normalized spacial score (nSPS) is 17.7. The van der Waals surface area contributed by atoms with Gasteiger partial charge in [0.2, 0.25) is 0 Å². The monoisotopic (exact) mass is 598 g/mol. The highest BCUT2D eigenvalue weighted by molar-refractivity contribution is 5.98. The number of nitrogens with zero attached hydrogens (tertiary/aromatic N) is 2. The van der Waals surface area contributed by atoms with Crippen molar-refractivity contribution in [3.8, 4) is 0 Å². The van der Waals surface area contributed by atoms with E-state index in [9.17, 15) is 0 Å². The molecule has 0 saturated heterocycles. The van der Waals surface area contributed by atoms with Crippen molar-refractivity contribution in [3.63, 3.8) is 0 Å². The lowest BCUT2D eigenvalue weighted by Crippen LogP contribution is -2.35. The van der Waals surface area contributed by atoms with Crippen LogP contribution < -0.4 is 9.80 Å². The fourth-order valence-electron chi connectivity index (χ4n) is 8.09. The zero-order chi connectivity index (χ0) is 30.7. The van der Waals surface area contributed by atoms with Crippen LogP contribution in [0.4, 0.5) is 28.4 Å². The number of fused-ring (bicyclic) bond motifs is 2. The standard InChI is InChI=1S/C44H42N2/c1-3-17-37(18-4-1)45(43-23-11-15-35-13-7-9-21-41(35)43)39-29-25-33(26-30-39)34-27-31-40(32-28-34)46(38-19-5-2-6-20-38)44-24-12-16-36-14-8-10-22-42(36)44/h1-7,9,11-13,15-21,23-26,29-30,34,40H,8,10,14,22,27-28,31-32H2. The Morgan fingerprint density at radius 1 is 0.457 bits per heavy atom. The smallest absolute Gasteiger partial charge is 0.0540 e. The number of anilines is 5. The van der Waals surface area contributed by atoms with Gasteiger partial charge in [0.15, 0.2) is 0 Å². The molecule has 0 aliphatic heterocycles. The van der Waals surface area contributed by atoms with Crippen LogP contribution in [-0.4, -0.2) is 6.04 Å². The molecule has 0 bridgehead atoms. The van der Waals surface area contributed by atoms with Crippen LogP contribution in [0.3, 0.4) is 0 Å². The Balaban J connectivity index is 1.06. The average Bonchev–Trinajstić information content (AvgIpc) is 3.14. The molecule has 1 fully saturated rings. The van der Waals surface area contributed by atoms with Crippen LogP contribution in [-0.2, 0) is 12.8 Å². The summed E-state index contributed by atoms with van der Waals surface area (Å²) in [4.78, 5) is 5.10. The summed E-state index contributed by atoms with van der Waals surface area (Å²) in [5.74, 6) is 0.593. The van der Waals surface area contributed by atoms with Gasteiger partial charge < -0.3 is 9.80 Å². The highest BCUT2D eigenvalue weighted by Crippen LogP contribution is 2.43. The number of hydrogen-bond donors (Lipinski definition) is 0. The highest BCUT2D eigenvalue weighted by Gasteiger charge is 2.30. The van der Waals surface area contributed by atoms with E-state index in [4.69, 9.17) is 0 Å². The van der Waals surface area contributed by atoms with Crippen LogP contribution in [0.25, 0.3) is 10.8 Å². The van der Waals surface area contributed by atoms with Gasteiger partial charge in [0.1, 0.15) is 0 Å². The molecule has 1 saturated carbocycles. The number of aryl methyl sites for hydroxylation is 1. The summed E-state index contributed by atoms with van der Waals surface area (Å²) in [7, 11) is 0. The quantitative estimate of drug-likeness (QED) is 0.180. The molecular weight excluding hydrogens is 556 g/mol. The zero-order valence-corrected chi connectivity index (χ0v) is 26.6. The Morgan fingerprint density at radius 2 is 1.07 bits per heavy atom. The fourth-order valence-corrected chi connectivity index (χ4v) is 8.09. The molecule has 46 heavy (non-hydrogen) atoms. The first-order chi connectivity index (χ1) is 22.8. The Hall–Kier alpha value is -4.82. The Morgan fingerprint density at radius 3 is 1.85 bits per heavy atom. The second kappa shape index (κ2) is 12.9. The summed E-state index contributed by atoms with van der Waals surface area (Å²) in [5.41, 5.74) is 11.0. The number of para-hydroxylation sites is 2. The summed E-state index contributed by atoms with van der Waals surface area (Å²) in [6, 6.07) is 54.2. The van der Waals surface area contributed by atoms with Crippen LogP contribution in [0, 0.1) is 0 Å². The van der Waals surface area contributed by atoms with Gasteiger partial charge in [0.25, 0.3) is 0 Å². The van der Waals surface area contributed by atoms with Gasteiger partial charge in [-0.3, -0.25) is 0 Å². The van der Waals surface area contributed by atoms with Crippen molar-refractivity contribution < 1.29 is 0 Å². The Labute approximate surface area is 273 Å². The van der Waals surface area contributed by atoms with Crippen LogP contribution in [0.1, 0.15) is 61.1 Å². The molecule has 0 amide bonds. The first kappa shape index (κ1) is 28.6. The minimum absolute atomic E-state index is 0.520. The third-order valence-electron chi connectivity index (χ3n) is 10.4. The van der Waals surface area contributed by atoms with E-state index >= 15 is 0 Å². The summed E-state index contributed by atoms with van der Waals surface area (Å²) < 4.78 is 0. The minimum atomic E-state index is 0.520. The molecule has 0 radical (unpaired) electrons. The summed E-state index contributed by atoms with van der Waals surface area (Å²) in [6.07, 6.45) is 9.89. The second-order valence-corrected chi connectivity index (χ2v) is 13.1. The molecular formula is C44H42N2. The molecule has 0 spiro atoms. The molecule has 0 atom stereocenters. The number of rotatable bonds is 7. The van der Waals surface area contributed by atoms with Gasteiger partial charge in [0, 0.05) is 34.2 Å². The third kappa shape index (κ3) is 5.58. The van der Waals surface area contributed by atoms with Gasteiger partial charge in [0.05, 0.1) is 5.69 Å². The van der Waals surface area contributed by atoms with Crippen LogP contribution in [0.15, 0.2) is 146 Å². The van der Waals surface area contributed by atoms with Gasteiger partial charge in [-0.1, -0.05) is 97.1 Å². The second-order valence-electron chi connectivity index (χ2n) is 13.1. The maximum absolute atomic E-state index is 2.70. The average molecular weight is 599 g/mol. The topological polar surface area (TPSA) is 6.48 Å². The lowest BCUT2D eigenvalue weighted by molar-refractivity contribution is 0.391. The van der Waals surface area contributed by atoms with E-state index in [0.29, 0.717) is 12.0 Å². The predicted octanol–water partition coefficient (Wildman–Crippen LogP) is 12.1. The van der Waals surface area contributed by atoms with Crippen molar-refractivity contribution in [3.05, 3.63) is 162 Å². The van der Waals surface area contributed by atoms with Crippen molar-refractivity contribution in [2.24, 2.45) is 0 Å². The van der Waals surface area contributed by atoms with Crippen molar-refractivity contribution in [2.75, 3.05) is 9.80 Å². The molecule has 0 aromatic heterocycles. The van der Waals surface area contributed by atoms with Crippen molar-refractivity contribution >= 4 is 39.2 Å². The van der Waals surface area contributed by atoms with Crippen LogP contribution in [0.2, 0.25) is 0 Å². The van der Waals surface area contributed by atoms with Crippen molar-refractivity contribution in [2.45, 2.75) is 63.3 Å². The minimum Gasteiger partial charge on any atom is -0.338 e. The predicted molar refractivity (Wildman–Crippen MR) is 195 cm³/mol. The van der Waals surface area contributed by atoms with Crippen LogP contribution in [0.5, 0.6) is 0 Å². The van der Waals surface area contributed by atoms with Crippen LogP contribution >= 0.6 is 0 Å². The van der Waals surface area contributed by atoms with E-state index in [1.54, 1.807) is 11.1 Å². The first-order valence-electron chi connectivity index (χ1n) is 17.2. The third-order valence-corrected chi connectivity index (χ3v) is 10.4. The molecule has 0 N–H and O–H groups in total. The van der Waals surface area contributed by atoms with E-state index < -0.39 is 0 Å². The van der Waals surface area contributed by atoms with Gasteiger partial charge >= 0.3 is 0 Å². The lowest BCUT2D eigenvalue weighted by Gasteiger charge is -2.40. The zero-order valence-electron chi connectivity index (χ0n) is 26.6. The van der Waals surface area contributed by atoms with E-state index in [0.717, 1.165) is 0 Å². The van der Waals surface area contributed by atoms with Crippen molar-refractivity contribution in [1.29, 1.82) is 0 Å². The SMILES string of the molecule is c1ccc(N(c2ccc(C3CCC(N(c4ccccc4)c4cccc5c4CCCC5)CC3)cc2)c2cccc3ccccc23)cc1. The molecule has 228 valence electrons. The maximum Gasteiger partial charge on any atom is 0.0540 e. The van der Waals surface area contributed by atoms with Gasteiger partial charge in [-0.2, -0.15) is 0 Å². The number of benzene rings is 6. The van der Waals surface area contributed by atoms with Crippen molar-refractivity contribution in [1.82, 2.24) is 0 Å². The highest BCUT2D eigenvalue weighted by atomic mass is 15.2. The molecule has 6 aromatic rings. The molecule has 6 aromatic carbocycles. The summed E-state index contributed by atoms with van der Waals surface area (Å²) >= 11 is 0. The molecule has 0 heterocycles. The molecule has 2 heteroatoms. The first-order valence-corrected chi connectivity index (χ1v) is 17.2. The van der Waals surface area contributed by atoms with E-state index in [2.05, 4.69) is 155 Å². The Kier molecular flexibility index (Phi) is 8.02. The fraction of sp³-hybridized carbons (Fsp3) is 0.227. The molecule has 2 aliphatic rings. The van der Waals surface area contributed by atoms with Gasteiger partial charge in [-0.05, 0) is 128 Å². The Bertz CT molecular complexity index is 1900. The lowest BCUT2D eigenvalue weighted by atomic mass is 9.80. The molecule has 2 aliphatic carbocycles. The summed E-state index contributed by atoms with van der Waals surface area (Å²) in [6.45, 7) is 0. The van der Waals surface area contributed by atoms with E-state index in [-0.39, 0.29) is 0 Å². The molecule has 0 unspecified atom stereocenters. The molecule has 2 nitrogen and oxygen atoms in total. The largest absolute Gasteiger partial charge is 0.338 e. The maximum atomic E-state index is 2.70. The number of hydrogen-bond acceptors (Lipinski definition) is 2. The summed E-state index contributed by atoms with van der Waals surface area (Å²) in [5, 5.41) is 2.52.